The van der Waals surface area contributed by atoms with Gasteiger partial charge in [0.05, 0.1) is 19.3 Å². The van der Waals surface area contributed by atoms with Gasteiger partial charge in [-0.1, -0.05) is 45.0 Å². The van der Waals surface area contributed by atoms with Gasteiger partial charge >= 0.3 is 6.09 Å². The van der Waals surface area contributed by atoms with E-state index in [0.717, 1.165) is 10.8 Å². The second-order valence-electron chi connectivity index (χ2n) is 12.5. The molecule has 2 saturated heterocycles. The van der Waals surface area contributed by atoms with Crippen molar-refractivity contribution in [3.8, 4) is 11.6 Å². The molecule has 6 rings (SSSR count). The van der Waals surface area contributed by atoms with Crippen molar-refractivity contribution in [3.63, 3.8) is 0 Å². The summed E-state index contributed by atoms with van der Waals surface area (Å²) >= 11 is 0. The predicted octanol–water partition coefficient (Wildman–Crippen LogP) is 5.86. The van der Waals surface area contributed by atoms with Crippen LogP contribution >= 0.6 is 0 Å². The molecule has 1 unspecified atom stereocenters. The zero-order valence-corrected chi connectivity index (χ0v) is 26.1. The molecule has 4 aromatic rings. The summed E-state index contributed by atoms with van der Waals surface area (Å²) in [6.07, 6.45) is 0.687. The summed E-state index contributed by atoms with van der Waals surface area (Å²) in [7, 11) is 0. The lowest BCUT2D eigenvalue weighted by Crippen LogP contribution is -2.59. The number of rotatable bonds is 6. The van der Waals surface area contributed by atoms with Crippen LogP contribution in [0.25, 0.3) is 10.8 Å². The first kappa shape index (κ1) is 31.0. The summed E-state index contributed by atoms with van der Waals surface area (Å²) in [5.41, 5.74) is 1.14. The van der Waals surface area contributed by atoms with Gasteiger partial charge in [0.25, 0.3) is 5.91 Å². The Morgan fingerprint density at radius 3 is 2.48 bits per heavy atom. The fourth-order valence-electron chi connectivity index (χ4n) is 5.96. The zero-order chi connectivity index (χ0) is 32.4. The Kier molecular flexibility index (Phi) is 8.63. The van der Waals surface area contributed by atoms with Crippen LogP contribution in [0.5, 0.6) is 11.6 Å². The molecule has 3 heterocycles. The molecular formula is C34H37FN6O5. The van der Waals surface area contributed by atoms with Gasteiger partial charge in [0.1, 0.15) is 11.6 Å². The fourth-order valence-corrected chi connectivity index (χ4v) is 5.96. The molecule has 2 amide bonds. The molecule has 0 aliphatic carbocycles. The molecule has 11 nitrogen and oxygen atoms in total. The fraction of sp³-hybridized carbons (Fsp3) is 0.353. The van der Waals surface area contributed by atoms with E-state index in [-0.39, 0.29) is 17.0 Å². The number of carboxylic acid groups (broad SMARTS) is 1. The number of hydrogen-bond acceptors (Lipinski definition) is 8. The number of nitrogens with zero attached hydrogens (tertiary/aromatic N) is 5. The normalized spacial score (nSPS) is 17.2. The summed E-state index contributed by atoms with van der Waals surface area (Å²) in [4.78, 5) is 39.8. The van der Waals surface area contributed by atoms with Crippen LogP contribution in [0.2, 0.25) is 0 Å². The Bertz CT molecular complexity index is 1760. The summed E-state index contributed by atoms with van der Waals surface area (Å²) in [5.74, 6) is 0.406. The van der Waals surface area contributed by atoms with Crippen LogP contribution in [0.4, 0.5) is 26.5 Å². The smallest absolute Gasteiger partial charge is 0.407 e. The summed E-state index contributed by atoms with van der Waals surface area (Å²) in [6, 6.07) is 16.8. The first-order valence-corrected chi connectivity index (χ1v) is 15.3. The van der Waals surface area contributed by atoms with Crippen molar-refractivity contribution < 1.29 is 28.6 Å². The summed E-state index contributed by atoms with van der Waals surface area (Å²) < 4.78 is 26.2. The highest BCUT2D eigenvalue weighted by atomic mass is 19.1. The zero-order valence-electron chi connectivity index (χ0n) is 26.1. The first-order chi connectivity index (χ1) is 22.1. The molecule has 1 atom stereocenters. The third-order valence-electron chi connectivity index (χ3n) is 8.39. The standard InChI is InChI=1S/C34H37FN6O5/c1-34(2,3)29-21-40(12-13-41(29)33(43)44)32-36-11-10-30(38-32)46-28-9-8-27(25-6-4-5-7-26(25)28)37-31(42)22-18-23(35)20-24(19-22)39-14-16-45-17-15-39/h4-11,18-20,29H,12-17,21H2,1-3H3,(H,37,42)(H,43,44). The maximum atomic E-state index is 14.6. The van der Waals surface area contributed by atoms with Crippen LogP contribution in [0.3, 0.4) is 0 Å². The second-order valence-corrected chi connectivity index (χ2v) is 12.5. The number of fused-ring (bicyclic) bond motifs is 1. The Hall–Kier alpha value is -4.97. The maximum Gasteiger partial charge on any atom is 0.407 e. The Morgan fingerprint density at radius 1 is 0.978 bits per heavy atom. The van der Waals surface area contributed by atoms with Gasteiger partial charge in [0.15, 0.2) is 0 Å². The molecule has 2 fully saturated rings. The molecule has 240 valence electrons. The van der Waals surface area contributed by atoms with Crippen molar-refractivity contribution in [1.29, 1.82) is 0 Å². The number of anilines is 3. The molecule has 0 bridgehead atoms. The van der Waals surface area contributed by atoms with E-state index in [2.05, 4.69) is 15.3 Å². The van der Waals surface area contributed by atoms with Crippen molar-refractivity contribution in [2.24, 2.45) is 5.41 Å². The van der Waals surface area contributed by atoms with Gasteiger partial charge < -0.3 is 34.6 Å². The number of nitrogens with one attached hydrogen (secondary N) is 1. The number of carbonyl (C=O) groups is 2. The van der Waals surface area contributed by atoms with Crippen molar-refractivity contribution in [1.82, 2.24) is 14.9 Å². The Labute approximate surface area is 266 Å². The molecule has 2 aliphatic rings. The average Bonchev–Trinajstić information content (AvgIpc) is 3.05. The number of aromatic nitrogens is 2. The first-order valence-electron chi connectivity index (χ1n) is 15.3. The van der Waals surface area contributed by atoms with E-state index in [0.29, 0.717) is 74.9 Å². The molecular weight excluding hydrogens is 591 g/mol. The summed E-state index contributed by atoms with van der Waals surface area (Å²) in [5, 5.41) is 14.2. The van der Waals surface area contributed by atoms with Crippen LogP contribution < -0.4 is 19.9 Å². The molecule has 2 N–H and O–H groups in total. The van der Waals surface area contributed by atoms with Crippen molar-refractivity contribution in [2.45, 2.75) is 26.8 Å². The minimum atomic E-state index is -0.933. The van der Waals surface area contributed by atoms with Crippen molar-refractivity contribution >= 4 is 40.1 Å². The number of halogens is 1. The molecule has 0 radical (unpaired) electrons. The minimum absolute atomic E-state index is 0.220. The lowest BCUT2D eigenvalue weighted by molar-refractivity contribution is 0.0744. The molecule has 1 aromatic heterocycles. The third-order valence-corrected chi connectivity index (χ3v) is 8.39. The van der Waals surface area contributed by atoms with Gasteiger partial charge in [-0.2, -0.15) is 4.98 Å². The lowest BCUT2D eigenvalue weighted by atomic mass is 9.84. The average molecular weight is 629 g/mol. The maximum absolute atomic E-state index is 14.6. The number of piperazine rings is 1. The number of benzene rings is 3. The molecule has 12 heteroatoms. The molecule has 2 aliphatic heterocycles. The van der Waals surface area contributed by atoms with E-state index in [4.69, 9.17) is 9.47 Å². The van der Waals surface area contributed by atoms with E-state index in [1.54, 1.807) is 30.5 Å². The van der Waals surface area contributed by atoms with E-state index in [1.807, 2.05) is 54.8 Å². The predicted molar refractivity (Wildman–Crippen MR) is 174 cm³/mol. The van der Waals surface area contributed by atoms with Gasteiger partial charge in [-0.05, 0) is 35.7 Å². The van der Waals surface area contributed by atoms with Gasteiger partial charge in [0, 0.05) is 72.7 Å². The molecule has 0 spiro atoms. The SMILES string of the molecule is CC(C)(C)C1CN(c2nccc(Oc3ccc(NC(=O)c4cc(F)cc(N5CCOCC5)c4)c4ccccc34)n2)CCN1C(=O)O. The molecule has 0 saturated carbocycles. The number of amides is 2. The second kappa shape index (κ2) is 12.8. The molecule has 46 heavy (non-hydrogen) atoms. The van der Waals surface area contributed by atoms with Crippen LogP contribution in [-0.2, 0) is 4.74 Å². The van der Waals surface area contributed by atoms with Gasteiger partial charge in [-0.25, -0.2) is 14.2 Å². The van der Waals surface area contributed by atoms with E-state index < -0.39 is 17.8 Å². The largest absolute Gasteiger partial charge is 0.465 e. The van der Waals surface area contributed by atoms with Gasteiger partial charge in [-0.15, -0.1) is 0 Å². The van der Waals surface area contributed by atoms with Gasteiger partial charge in [-0.3, -0.25) is 4.79 Å². The van der Waals surface area contributed by atoms with E-state index >= 15 is 0 Å². The number of carbonyl (C=O) groups excluding carboxylic acids is 1. The van der Waals surface area contributed by atoms with E-state index in [9.17, 15) is 19.1 Å². The Morgan fingerprint density at radius 2 is 1.74 bits per heavy atom. The highest BCUT2D eigenvalue weighted by Gasteiger charge is 2.38. The van der Waals surface area contributed by atoms with E-state index in [1.165, 1.54) is 17.0 Å². The number of ether oxygens (including phenoxy) is 2. The topological polar surface area (TPSA) is 120 Å². The van der Waals surface area contributed by atoms with Crippen LogP contribution in [0, 0.1) is 11.2 Å². The summed E-state index contributed by atoms with van der Waals surface area (Å²) in [6.45, 7) is 9.68. The van der Waals surface area contributed by atoms with Crippen molar-refractivity contribution in [2.75, 3.05) is 61.1 Å². The third kappa shape index (κ3) is 6.66. The minimum Gasteiger partial charge on any atom is -0.465 e. The quantitative estimate of drug-likeness (QED) is 0.270. The highest BCUT2D eigenvalue weighted by molar-refractivity contribution is 6.10. The van der Waals surface area contributed by atoms with Gasteiger partial charge in [0.2, 0.25) is 11.8 Å². The van der Waals surface area contributed by atoms with Crippen LogP contribution in [-0.4, -0.2) is 84.0 Å². The monoisotopic (exact) mass is 628 g/mol. The van der Waals surface area contributed by atoms with Crippen LogP contribution in [0.1, 0.15) is 31.1 Å². The molecule has 3 aromatic carbocycles. The highest BCUT2D eigenvalue weighted by Crippen LogP contribution is 2.35. The number of hydrogen-bond donors (Lipinski definition) is 2. The van der Waals surface area contributed by atoms with Crippen LogP contribution in [0.15, 0.2) is 66.9 Å². The lowest BCUT2D eigenvalue weighted by Gasteiger charge is -2.45. The van der Waals surface area contributed by atoms with Crippen molar-refractivity contribution in [3.05, 3.63) is 78.2 Å². The Balaban J connectivity index is 1.22. The number of morpholine rings is 1.